The second-order valence-electron chi connectivity index (χ2n) is 10.4. The zero-order valence-electron chi connectivity index (χ0n) is 24.2. The molecule has 0 amide bonds. The minimum atomic E-state index is -5.08. The molecule has 0 spiro atoms. The van der Waals surface area contributed by atoms with Crippen LogP contribution in [0, 0.1) is 11.7 Å². The van der Waals surface area contributed by atoms with Crippen molar-refractivity contribution in [3.8, 4) is 0 Å². The van der Waals surface area contributed by atoms with Gasteiger partial charge in [-0.2, -0.15) is 26.3 Å². The van der Waals surface area contributed by atoms with Gasteiger partial charge in [-0.25, -0.2) is 14.0 Å². The Morgan fingerprint density at radius 1 is 0.844 bits per heavy atom. The lowest BCUT2D eigenvalue weighted by Gasteiger charge is -2.31. The highest BCUT2D eigenvalue weighted by Gasteiger charge is 2.38. The number of likely N-dealkylation sites (tertiary alicyclic amines) is 1. The largest absolute Gasteiger partial charge is 0.490 e. The van der Waals surface area contributed by atoms with Crippen molar-refractivity contribution in [3.05, 3.63) is 65.0 Å². The molecule has 2 aromatic carbocycles. The van der Waals surface area contributed by atoms with Gasteiger partial charge in [-0.3, -0.25) is 4.79 Å². The average molecular weight is 669 g/mol. The lowest BCUT2D eigenvalue weighted by atomic mass is 9.96. The van der Waals surface area contributed by atoms with Crippen LogP contribution in [0.4, 0.5) is 30.7 Å². The predicted molar refractivity (Wildman–Crippen MR) is 154 cm³/mol. The van der Waals surface area contributed by atoms with E-state index in [1.54, 1.807) is 0 Å². The number of carboxylic acids is 2. The molecular weight excluding hydrogens is 633 g/mol. The number of aliphatic carboxylic acids is 2. The summed E-state index contributed by atoms with van der Waals surface area (Å²) in [6, 6.07) is 13.1. The molecule has 15 heteroatoms. The first-order valence-corrected chi connectivity index (χ1v) is 15.1. The number of ketones is 1. The zero-order chi connectivity index (χ0) is 33.6. The molecule has 250 valence electrons. The maximum absolute atomic E-state index is 13.0. The number of hydrogen-bond acceptors (Lipinski definition) is 6. The van der Waals surface area contributed by atoms with Gasteiger partial charge in [0.25, 0.3) is 0 Å². The molecule has 0 bridgehead atoms. The number of carbonyl (C=O) groups excluding carboxylic acids is 1. The molecular formula is C30H35F7N2O5S. The summed E-state index contributed by atoms with van der Waals surface area (Å²) in [7, 11) is 0. The van der Waals surface area contributed by atoms with Gasteiger partial charge in [0, 0.05) is 22.6 Å². The summed E-state index contributed by atoms with van der Waals surface area (Å²) >= 11 is 1.83. The van der Waals surface area contributed by atoms with Gasteiger partial charge in [-0.15, -0.1) is 11.8 Å². The Morgan fingerprint density at radius 3 is 1.91 bits per heavy atom. The van der Waals surface area contributed by atoms with Gasteiger partial charge in [-0.05, 0) is 112 Å². The third kappa shape index (κ3) is 14.6. The number of thioether (sulfide) groups is 1. The second kappa shape index (κ2) is 18.1. The number of halogens is 7. The molecule has 7 nitrogen and oxygen atoms in total. The fourth-order valence-corrected chi connectivity index (χ4v) is 5.67. The molecule has 1 saturated heterocycles. The molecule has 2 heterocycles. The first kappa shape index (κ1) is 38.0. The van der Waals surface area contributed by atoms with E-state index in [4.69, 9.17) is 19.8 Å². The third-order valence-corrected chi connectivity index (χ3v) is 8.28. The smallest absolute Gasteiger partial charge is 0.475 e. The lowest BCUT2D eigenvalue weighted by Crippen LogP contribution is -2.35. The zero-order valence-corrected chi connectivity index (χ0v) is 25.0. The molecule has 2 aliphatic rings. The van der Waals surface area contributed by atoms with E-state index < -0.39 is 24.3 Å². The van der Waals surface area contributed by atoms with Gasteiger partial charge in [0.05, 0.1) is 0 Å². The van der Waals surface area contributed by atoms with Gasteiger partial charge < -0.3 is 20.4 Å². The van der Waals surface area contributed by atoms with Crippen molar-refractivity contribution in [1.82, 2.24) is 10.2 Å². The van der Waals surface area contributed by atoms with E-state index in [-0.39, 0.29) is 11.6 Å². The van der Waals surface area contributed by atoms with E-state index in [9.17, 15) is 35.5 Å². The van der Waals surface area contributed by atoms with Gasteiger partial charge in [0.2, 0.25) is 0 Å². The number of carbonyl (C=O) groups is 3. The number of alkyl halides is 6. The van der Waals surface area contributed by atoms with E-state index in [2.05, 4.69) is 22.3 Å². The topological polar surface area (TPSA) is 107 Å². The van der Waals surface area contributed by atoms with E-state index in [1.807, 2.05) is 30.0 Å². The molecule has 2 aliphatic heterocycles. The number of nitrogens with zero attached hydrogens (tertiary/aromatic N) is 1. The van der Waals surface area contributed by atoms with Crippen LogP contribution in [0.15, 0.2) is 47.4 Å². The molecule has 0 atom stereocenters. The number of hydrogen-bond donors (Lipinski definition) is 3. The number of nitrogens with one attached hydrogen (secondary N) is 1. The summed E-state index contributed by atoms with van der Waals surface area (Å²) < 4.78 is 76.5. The predicted octanol–water partition coefficient (Wildman–Crippen LogP) is 6.25. The Balaban J connectivity index is 0.000000421. The minimum absolute atomic E-state index is 0.171. The van der Waals surface area contributed by atoms with Crippen LogP contribution in [-0.4, -0.2) is 83.7 Å². The molecule has 0 saturated carbocycles. The summed E-state index contributed by atoms with van der Waals surface area (Å²) in [5.74, 6) is -3.57. The summed E-state index contributed by atoms with van der Waals surface area (Å²) in [5.41, 5.74) is 3.62. The van der Waals surface area contributed by atoms with Crippen LogP contribution in [0.3, 0.4) is 0 Å². The Morgan fingerprint density at radius 2 is 1.38 bits per heavy atom. The molecule has 0 aromatic heterocycles. The number of carboxylic acid groups (broad SMARTS) is 2. The first-order valence-electron chi connectivity index (χ1n) is 14.1. The molecule has 4 rings (SSSR count). The highest BCUT2D eigenvalue weighted by atomic mass is 32.2. The van der Waals surface area contributed by atoms with Crippen molar-refractivity contribution in [2.75, 3.05) is 38.5 Å². The van der Waals surface area contributed by atoms with E-state index in [0.29, 0.717) is 6.42 Å². The maximum Gasteiger partial charge on any atom is 0.490 e. The summed E-state index contributed by atoms with van der Waals surface area (Å²) in [6.07, 6.45) is -4.10. The molecule has 0 radical (unpaired) electrons. The number of rotatable bonds is 8. The molecule has 1 fully saturated rings. The van der Waals surface area contributed by atoms with Crippen molar-refractivity contribution >= 4 is 29.5 Å². The Labute approximate surface area is 260 Å². The molecule has 0 aliphatic carbocycles. The van der Waals surface area contributed by atoms with Crippen LogP contribution in [-0.2, 0) is 22.4 Å². The summed E-state index contributed by atoms with van der Waals surface area (Å²) in [4.78, 5) is 34.1. The summed E-state index contributed by atoms with van der Waals surface area (Å²) in [6.45, 7) is 5.28. The van der Waals surface area contributed by atoms with Crippen LogP contribution in [0.25, 0.3) is 0 Å². The molecule has 0 unspecified atom stereocenters. The fourth-order valence-electron chi connectivity index (χ4n) is 4.58. The average Bonchev–Trinajstić information content (AvgIpc) is 3.22. The van der Waals surface area contributed by atoms with Crippen molar-refractivity contribution in [2.24, 2.45) is 5.92 Å². The SMILES string of the molecule is O=C(CCCN1CCC(CSc2ccc(F)cc2)CC1)c1ccc2c(c1)CCNCC2.O=C(O)C(F)(F)F.O=C(O)C(F)(F)F. The van der Waals surface area contributed by atoms with Crippen LogP contribution < -0.4 is 5.32 Å². The third-order valence-electron chi connectivity index (χ3n) is 7.04. The van der Waals surface area contributed by atoms with Gasteiger partial charge >= 0.3 is 24.3 Å². The van der Waals surface area contributed by atoms with Crippen LogP contribution >= 0.6 is 11.8 Å². The van der Waals surface area contributed by atoms with Gasteiger partial charge in [-0.1, -0.05) is 12.1 Å². The van der Waals surface area contributed by atoms with Gasteiger partial charge in [0.15, 0.2) is 5.78 Å². The van der Waals surface area contributed by atoms with Crippen molar-refractivity contribution < 1.29 is 55.3 Å². The first-order chi connectivity index (χ1) is 21.1. The number of piperidine rings is 1. The highest BCUT2D eigenvalue weighted by molar-refractivity contribution is 7.99. The van der Waals surface area contributed by atoms with Crippen LogP contribution in [0.1, 0.15) is 47.2 Å². The van der Waals surface area contributed by atoms with Crippen LogP contribution in [0.2, 0.25) is 0 Å². The molecule has 45 heavy (non-hydrogen) atoms. The highest BCUT2D eigenvalue weighted by Crippen LogP contribution is 2.27. The number of Topliss-reactive ketones (excluding diaryl/α,β-unsaturated/α-hetero) is 1. The quantitative estimate of drug-likeness (QED) is 0.172. The Kier molecular flexibility index (Phi) is 15.3. The van der Waals surface area contributed by atoms with E-state index in [1.165, 1.54) is 36.1 Å². The second-order valence-corrected chi connectivity index (χ2v) is 11.5. The number of benzene rings is 2. The fraction of sp³-hybridized carbons (Fsp3) is 0.500. The van der Waals surface area contributed by atoms with Crippen molar-refractivity contribution in [1.29, 1.82) is 0 Å². The number of fused-ring (bicyclic) bond motifs is 1. The summed E-state index contributed by atoms with van der Waals surface area (Å²) in [5, 5.41) is 17.7. The monoisotopic (exact) mass is 668 g/mol. The molecule has 2 aromatic rings. The molecule has 3 N–H and O–H groups in total. The van der Waals surface area contributed by atoms with Crippen LogP contribution in [0.5, 0.6) is 0 Å². The standard InChI is InChI=1S/C26H33FN2OS.2C2HF3O2/c27-24-5-7-25(8-6-24)31-19-20-11-16-29(17-12-20)15-1-2-26(30)23-4-3-21-9-13-28-14-10-22(21)18-23;2*3-2(4,5)1(6)7/h3-8,18,20,28H,1-2,9-17,19H2;2*(H,6,7). The minimum Gasteiger partial charge on any atom is -0.475 e. The van der Waals surface area contributed by atoms with E-state index >= 15 is 0 Å². The maximum atomic E-state index is 13.0. The van der Waals surface area contributed by atoms with Crippen molar-refractivity contribution in [2.45, 2.75) is 55.8 Å². The normalized spacial score (nSPS) is 15.8. The Hall–Kier alpha value is -3.17. The Bertz CT molecular complexity index is 1220. The van der Waals surface area contributed by atoms with Crippen molar-refractivity contribution in [3.63, 3.8) is 0 Å². The van der Waals surface area contributed by atoms with E-state index in [0.717, 1.165) is 74.1 Å². The lowest BCUT2D eigenvalue weighted by molar-refractivity contribution is -0.193. The van der Waals surface area contributed by atoms with Gasteiger partial charge in [0.1, 0.15) is 5.82 Å².